The first kappa shape index (κ1) is 21.3. The first-order valence-electron chi connectivity index (χ1n) is 8.72. The second-order valence-corrected chi connectivity index (χ2v) is 6.81. The number of nitrogens with two attached hydrogens (primary N) is 1. The number of pyridine rings is 1. The van der Waals surface area contributed by atoms with Crippen LogP contribution in [0.15, 0.2) is 41.5 Å². The standard InChI is InChI=1S/C19H18F4N4O3/c1-18(8-15(19(21,22)23)30-17(24)27-18)12-7-10(3-5-13(12)20)26-16(28)14-6-4-11(29-2)9-25-14/h3-7,9,15H,8H2,1-2H3,(H2,24,27)(H,26,28)/t15-,18-/m0/s1. The van der Waals surface area contributed by atoms with Crippen LogP contribution in [0.4, 0.5) is 23.2 Å². The summed E-state index contributed by atoms with van der Waals surface area (Å²) in [5.74, 6) is -0.932. The van der Waals surface area contributed by atoms with Crippen molar-refractivity contribution in [3.05, 3.63) is 53.6 Å². The van der Waals surface area contributed by atoms with Gasteiger partial charge in [-0.2, -0.15) is 13.2 Å². The Morgan fingerprint density at radius 3 is 2.67 bits per heavy atom. The van der Waals surface area contributed by atoms with Gasteiger partial charge in [-0.05, 0) is 37.3 Å². The van der Waals surface area contributed by atoms with Crippen molar-refractivity contribution in [1.29, 1.82) is 0 Å². The quantitative estimate of drug-likeness (QED) is 0.731. The number of halogens is 4. The number of aliphatic imine (C=N–C) groups is 1. The summed E-state index contributed by atoms with van der Waals surface area (Å²) in [4.78, 5) is 20.2. The molecule has 160 valence electrons. The zero-order valence-electron chi connectivity index (χ0n) is 16.0. The normalized spacial score (nSPS) is 21.4. The van der Waals surface area contributed by atoms with Crippen molar-refractivity contribution in [2.24, 2.45) is 10.7 Å². The molecule has 0 spiro atoms. The van der Waals surface area contributed by atoms with Crippen molar-refractivity contribution in [1.82, 2.24) is 4.98 Å². The van der Waals surface area contributed by atoms with Crippen LogP contribution in [0.25, 0.3) is 0 Å². The van der Waals surface area contributed by atoms with Crippen molar-refractivity contribution in [2.45, 2.75) is 31.2 Å². The molecule has 2 heterocycles. The summed E-state index contributed by atoms with van der Waals surface area (Å²) in [6, 6.07) is 5.79. The van der Waals surface area contributed by atoms with E-state index in [-0.39, 0.29) is 16.9 Å². The molecule has 0 bridgehead atoms. The summed E-state index contributed by atoms with van der Waals surface area (Å²) in [7, 11) is 1.45. The molecule has 1 aromatic carbocycles. The topological polar surface area (TPSA) is 98.8 Å². The number of methoxy groups -OCH3 is 1. The van der Waals surface area contributed by atoms with Gasteiger partial charge in [0.1, 0.15) is 17.3 Å². The van der Waals surface area contributed by atoms with Gasteiger partial charge >= 0.3 is 6.18 Å². The van der Waals surface area contributed by atoms with Crippen LogP contribution >= 0.6 is 0 Å². The van der Waals surface area contributed by atoms with E-state index in [9.17, 15) is 22.4 Å². The Balaban J connectivity index is 1.89. The number of rotatable bonds is 4. The molecule has 0 saturated carbocycles. The lowest BCUT2D eigenvalue weighted by molar-refractivity contribution is -0.208. The molecule has 1 aromatic heterocycles. The van der Waals surface area contributed by atoms with Gasteiger partial charge in [0.25, 0.3) is 11.9 Å². The van der Waals surface area contributed by atoms with Crippen molar-refractivity contribution in [2.75, 3.05) is 12.4 Å². The van der Waals surface area contributed by atoms with E-state index in [4.69, 9.17) is 10.5 Å². The zero-order valence-corrected chi connectivity index (χ0v) is 16.0. The van der Waals surface area contributed by atoms with Crippen molar-refractivity contribution in [3.8, 4) is 5.75 Å². The fourth-order valence-electron chi connectivity index (χ4n) is 3.06. The molecule has 3 rings (SSSR count). The molecule has 11 heteroatoms. The number of amides is 1. The first-order valence-corrected chi connectivity index (χ1v) is 8.72. The maximum absolute atomic E-state index is 14.5. The lowest BCUT2D eigenvalue weighted by Crippen LogP contribution is -2.46. The maximum Gasteiger partial charge on any atom is 0.425 e. The van der Waals surface area contributed by atoms with E-state index in [1.165, 1.54) is 44.5 Å². The number of hydrogen-bond acceptors (Lipinski definition) is 6. The van der Waals surface area contributed by atoms with Crippen LogP contribution in [-0.4, -0.2) is 36.3 Å². The molecular formula is C19H18F4N4O3. The molecule has 2 aromatic rings. The van der Waals surface area contributed by atoms with E-state index in [0.717, 1.165) is 6.07 Å². The number of benzene rings is 1. The third-order valence-electron chi connectivity index (χ3n) is 4.58. The van der Waals surface area contributed by atoms with Gasteiger partial charge in [0, 0.05) is 17.7 Å². The number of carbonyl (C=O) groups is 1. The van der Waals surface area contributed by atoms with E-state index in [2.05, 4.69) is 20.0 Å². The van der Waals surface area contributed by atoms with E-state index >= 15 is 0 Å². The lowest BCUT2D eigenvalue weighted by Gasteiger charge is -2.36. The van der Waals surface area contributed by atoms with Gasteiger partial charge in [0.15, 0.2) is 6.10 Å². The van der Waals surface area contributed by atoms with Crippen molar-refractivity contribution >= 4 is 17.6 Å². The molecule has 1 aliphatic rings. The largest absolute Gasteiger partial charge is 0.495 e. The molecule has 3 N–H and O–H groups in total. The van der Waals surface area contributed by atoms with Gasteiger partial charge in [-0.25, -0.2) is 14.4 Å². The Morgan fingerprint density at radius 2 is 2.07 bits per heavy atom. The number of anilines is 1. The molecule has 30 heavy (non-hydrogen) atoms. The highest BCUT2D eigenvalue weighted by Crippen LogP contribution is 2.41. The van der Waals surface area contributed by atoms with E-state index in [1.54, 1.807) is 0 Å². The van der Waals surface area contributed by atoms with Gasteiger partial charge in [-0.1, -0.05) is 0 Å². The molecule has 0 aliphatic carbocycles. The average molecular weight is 426 g/mol. The number of alkyl halides is 3. The minimum absolute atomic E-state index is 0.0679. The summed E-state index contributed by atoms with van der Waals surface area (Å²) in [6.07, 6.45) is -6.26. The molecule has 0 fully saturated rings. The van der Waals surface area contributed by atoms with E-state index < -0.39 is 42.0 Å². The molecule has 0 radical (unpaired) electrons. The third-order valence-corrected chi connectivity index (χ3v) is 4.58. The van der Waals surface area contributed by atoms with Gasteiger partial charge < -0.3 is 20.5 Å². The summed E-state index contributed by atoms with van der Waals surface area (Å²) in [6.45, 7) is 1.32. The second-order valence-electron chi connectivity index (χ2n) is 6.81. The lowest BCUT2D eigenvalue weighted by atomic mass is 9.85. The van der Waals surface area contributed by atoms with Crippen LogP contribution in [0.2, 0.25) is 0 Å². The fraction of sp³-hybridized carbons (Fsp3) is 0.316. The van der Waals surface area contributed by atoms with Gasteiger partial charge in [-0.3, -0.25) is 4.79 Å². The Hall–Kier alpha value is -3.37. The number of amidine groups is 1. The fourth-order valence-corrected chi connectivity index (χ4v) is 3.06. The predicted octanol–water partition coefficient (Wildman–Crippen LogP) is 3.36. The van der Waals surface area contributed by atoms with Crippen LogP contribution in [0.3, 0.4) is 0 Å². The number of nitrogens with zero attached hydrogens (tertiary/aromatic N) is 2. The van der Waals surface area contributed by atoms with Crippen LogP contribution in [0.5, 0.6) is 5.75 Å². The Kier molecular flexibility index (Phi) is 5.55. The molecule has 2 atom stereocenters. The van der Waals surface area contributed by atoms with Crippen LogP contribution in [0, 0.1) is 5.82 Å². The van der Waals surface area contributed by atoms with Crippen molar-refractivity contribution in [3.63, 3.8) is 0 Å². The van der Waals surface area contributed by atoms with Crippen molar-refractivity contribution < 1.29 is 31.8 Å². The number of hydrogen-bond donors (Lipinski definition) is 2. The van der Waals surface area contributed by atoms with Crippen LogP contribution in [0.1, 0.15) is 29.4 Å². The highest BCUT2D eigenvalue weighted by atomic mass is 19.4. The first-order chi connectivity index (χ1) is 14.0. The number of aromatic nitrogens is 1. The summed E-state index contributed by atoms with van der Waals surface area (Å²) < 4.78 is 63.6. The minimum atomic E-state index is -4.70. The van der Waals surface area contributed by atoms with Gasteiger partial charge in [0.05, 0.1) is 18.8 Å². The smallest absolute Gasteiger partial charge is 0.425 e. The van der Waals surface area contributed by atoms with Gasteiger partial charge in [0.2, 0.25) is 0 Å². The highest BCUT2D eigenvalue weighted by molar-refractivity contribution is 6.02. The summed E-state index contributed by atoms with van der Waals surface area (Å²) in [5, 5.41) is 2.53. The minimum Gasteiger partial charge on any atom is -0.495 e. The molecule has 0 unspecified atom stereocenters. The van der Waals surface area contributed by atoms with Gasteiger partial charge in [-0.15, -0.1) is 0 Å². The average Bonchev–Trinajstić information content (AvgIpc) is 2.68. The van der Waals surface area contributed by atoms with E-state index in [1.807, 2.05) is 0 Å². The number of carbonyl (C=O) groups excluding carboxylic acids is 1. The maximum atomic E-state index is 14.5. The van der Waals surface area contributed by atoms with E-state index in [0.29, 0.717) is 5.75 Å². The molecular weight excluding hydrogens is 408 g/mol. The third kappa shape index (κ3) is 4.44. The van der Waals surface area contributed by atoms with Crippen LogP contribution < -0.4 is 15.8 Å². The Morgan fingerprint density at radius 1 is 1.33 bits per heavy atom. The number of nitrogens with one attached hydrogen (secondary N) is 1. The molecule has 1 amide bonds. The zero-order chi connectivity index (χ0) is 22.1. The van der Waals surface area contributed by atoms with Crippen LogP contribution in [-0.2, 0) is 10.3 Å². The predicted molar refractivity (Wildman–Crippen MR) is 99.7 cm³/mol. The second kappa shape index (κ2) is 7.81. The Labute approximate surface area is 168 Å². The monoisotopic (exact) mass is 426 g/mol. The summed E-state index contributed by atoms with van der Waals surface area (Å²) >= 11 is 0. The highest BCUT2D eigenvalue weighted by Gasteiger charge is 2.50. The SMILES string of the molecule is COc1ccc(C(=O)Nc2ccc(F)c([C@]3(C)C[C@@H](C(F)(F)F)OC(N)=N3)c2)nc1. The molecule has 0 saturated heterocycles. The molecule has 1 aliphatic heterocycles. The Bertz CT molecular complexity index is 979. The summed E-state index contributed by atoms with van der Waals surface area (Å²) in [5.41, 5.74) is 3.83. The molecule has 7 nitrogen and oxygen atoms in total. The number of ether oxygens (including phenoxy) is 2.